The second-order valence-electron chi connectivity index (χ2n) is 5.31. The van der Waals surface area contributed by atoms with Gasteiger partial charge in [0.15, 0.2) is 0 Å². The van der Waals surface area contributed by atoms with Crippen LogP contribution in [0.25, 0.3) is 10.8 Å². The maximum atomic E-state index is 12.1. The zero-order chi connectivity index (χ0) is 16.2. The van der Waals surface area contributed by atoms with E-state index in [1.807, 2.05) is 42.5 Å². The molecule has 0 aromatic heterocycles. The molecule has 0 aliphatic rings. The molecular formula is C19H16ClNO2. The fourth-order valence-corrected chi connectivity index (χ4v) is 2.68. The highest BCUT2D eigenvalue weighted by Gasteiger charge is 2.13. The summed E-state index contributed by atoms with van der Waals surface area (Å²) in [6.07, 6.45) is -0.772. The van der Waals surface area contributed by atoms with Crippen LogP contribution in [0.1, 0.15) is 22.0 Å². The number of aliphatic hydroxyl groups is 1. The molecule has 0 aliphatic heterocycles. The number of halogens is 1. The molecule has 23 heavy (non-hydrogen) atoms. The van der Waals surface area contributed by atoms with Crippen molar-refractivity contribution in [2.75, 3.05) is 6.54 Å². The van der Waals surface area contributed by atoms with Crippen molar-refractivity contribution in [3.63, 3.8) is 0 Å². The number of carbonyl (C=O) groups is 1. The highest BCUT2D eigenvalue weighted by atomic mass is 35.5. The van der Waals surface area contributed by atoms with Crippen LogP contribution in [0, 0.1) is 0 Å². The molecule has 0 radical (unpaired) electrons. The van der Waals surface area contributed by atoms with Crippen molar-refractivity contribution in [2.45, 2.75) is 6.10 Å². The summed E-state index contributed by atoms with van der Waals surface area (Å²) in [5.41, 5.74) is 1.17. The quantitative estimate of drug-likeness (QED) is 0.763. The van der Waals surface area contributed by atoms with E-state index in [-0.39, 0.29) is 12.5 Å². The lowest BCUT2D eigenvalue weighted by Crippen LogP contribution is -2.28. The minimum absolute atomic E-state index is 0.127. The van der Waals surface area contributed by atoms with E-state index in [0.29, 0.717) is 10.6 Å². The van der Waals surface area contributed by atoms with Crippen LogP contribution in [0.4, 0.5) is 0 Å². The van der Waals surface area contributed by atoms with E-state index < -0.39 is 6.10 Å². The first kappa shape index (κ1) is 15.5. The van der Waals surface area contributed by atoms with E-state index in [2.05, 4.69) is 5.32 Å². The van der Waals surface area contributed by atoms with Crippen LogP contribution in [0.3, 0.4) is 0 Å². The highest BCUT2D eigenvalue weighted by Crippen LogP contribution is 2.20. The zero-order valence-electron chi connectivity index (χ0n) is 12.4. The number of rotatable bonds is 4. The first-order valence-corrected chi connectivity index (χ1v) is 7.72. The lowest BCUT2D eigenvalue weighted by molar-refractivity contribution is 0.0916. The van der Waals surface area contributed by atoms with Crippen molar-refractivity contribution >= 4 is 28.3 Å². The van der Waals surface area contributed by atoms with Crippen molar-refractivity contribution < 1.29 is 9.90 Å². The molecule has 3 aromatic rings. The SMILES string of the molecule is O=C(NCC(O)c1ccc2ccccc2c1)c1ccccc1Cl. The van der Waals surface area contributed by atoms with Gasteiger partial charge in [-0.25, -0.2) is 0 Å². The van der Waals surface area contributed by atoms with Crippen LogP contribution >= 0.6 is 11.6 Å². The molecule has 3 nitrogen and oxygen atoms in total. The molecule has 3 aromatic carbocycles. The zero-order valence-corrected chi connectivity index (χ0v) is 13.1. The molecule has 1 amide bonds. The van der Waals surface area contributed by atoms with Gasteiger partial charge in [-0.3, -0.25) is 4.79 Å². The molecule has 0 spiro atoms. The first-order valence-electron chi connectivity index (χ1n) is 7.34. The van der Waals surface area contributed by atoms with E-state index >= 15 is 0 Å². The van der Waals surface area contributed by atoms with Gasteiger partial charge in [-0.05, 0) is 34.5 Å². The third-order valence-electron chi connectivity index (χ3n) is 3.73. The Balaban J connectivity index is 1.70. The summed E-state index contributed by atoms with van der Waals surface area (Å²) >= 11 is 5.99. The number of aliphatic hydroxyl groups excluding tert-OH is 1. The Morgan fingerprint density at radius 1 is 1.00 bits per heavy atom. The van der Waals surface area contributed by atoms with Gasteiger partial charge in [0.2, 0.25) is 0 Å². The summed E-state index contributed by atoms with van der Waals surface area (Å²) in [4.78, 5) is 12.1. The number of carbonyl (C=O) groups excluding carboxylic acids is 1. The Labute approximate surface area is 139 Å². The molecule has 4 heteroatoms. The lowest BCUT2D eigenvalue weighted by atomic mass is 10.0. The van der Waals surface area contributed by atoms with E-state index in [1.54, 1.807) is 24.3 Å². The molecule has 0 bridgehead atoms. The van der Waals surface area contributed by atoms with Gasteiger partial charge in [-0.2, -0.15) is 0 Å². The van der Waals surface area contributed by atoms with E-state index in [1.165, 1.54) is 0 Å². The van der Waals surface area contributed by atoms with Crippen molar-refractivity contribution in [1.29, 1.82) is 0 Å². The number of hydrogen-bond acceptors (Lipinski definition) is 2. The Morgan fingerprint density at radius 3 is 2.48 bits per heavy atom. The molecular weight excluding hydrogens is 310 g/mol. The Bertz CT molecular complexity index is 847. The summed E-state index contributed by atoms with van der Waals surface area (Å²) in [5.74, 6) is -0.296. The van der Waals surface area contributed by atoms with Gasteiger partial charge < -0.3 is 10.4 Å². The van der Waals surface area contributed by atoms with Crippen molar-refractivity contribution in [2.24, 2.45) is 0 Å². The molecule has 116 valence electrons. The predicted molar refractivity (Wildman–Crippen MR) is 92.7 cm³/mol. The van der Waals surface area contributed by atoms with Crippen molar-refractivity contribution in [3.8, 4) is 0 Å². The third-order valence-corrected chi connectivity index (χ3v) is 4.06. The molecule has 0 saturated heterocycles. The van der Waals surface area contributed by atoms with Crippen LogP contribution in [0.15, 0.2) is 66.7 Å². The van der Waals surface area contributed by atoms with Gasteiger partial charge in [0.25, 0.3) is 5.91 Å². The fraction of sp³-hybridized carbons (Fsp3) is 0.105. The fourth-order valence-electron chi connectivity index (χ4n) is 2.46. The molecule has 0 aliphatic carbocycles. The number of amides is 1. The van der Waals surface area contributed by atoms with Gasteiger partial charge in [0.05, 0.1) is 16.7 Å². The number of hydrogen-bond donors (Lipinski definition) is 2. The minimum Gasteiger partial charge on any atom is -0.387 e. The smallest absolute Gasteiger partial charge is 0.252 e. The van der Waals surface area contributed by atoms with Crippen LogP contribution < -0.4 is 5.32 Å². The summed E-state index contributed by atoms with van der Waals surface area (Å²) in [7, 11) is 0. The average molecular weight is 326 g/mol. The summed E-state index contributed by atoms with van der Waals surface area (Å²) in [6, 6.07) is 20.5. The maximum Gasteiger partial charge on any atom is 0.252 e. The second kappa shape index (κ2) is 6.82. The molecule has 0 fully saturated rings. The average Bonchev–Trinajstić information content (AvgIpc) is 2.59. The van der Waals surface area contributed by atoms with Crippen LogP contribution in [-0.4, -0.2) is 17.6 Å². The van der Waals surface area contributed by atoms with Gasteiger partial charge in [-0.1, -0.05) is 60.1 Å². The maximum absolute atomic E-state index is 12.1. The van der Waals surface area contributed by atoms with Crippen LogP contribution in [0.5, 0.6) is 0 Å². The monoisotopic (exact) mass is 325 g/mol. The van der Waals surface area contributed by atoms with E-state index in [4.69, 9.17) is 11.6 Å². The number of nitrogens with one attached hydrogen (secondary N) is 1. The van der Waals surface area contributed by atoms with Gasteiger partial charge in [0.1, 0.15) is 0 Å². The number of benzene rings is 3. The summed E-state index contributed by atoms with van der Waals surface area (Å²) in [6.45, 7) is 0.127. The normalized spacial score (nSPS) is 12.1. The summed E-state index contributed by atoms with van der Waals surface area (Å²) < 4.78 is 0. The lowest BCUT2D eigenvalue weighted by Gasteiger charge is -2.13. The summed E-state index contributed by atoms with van der Waals surface area (Å²) in [5, 5.41) is 15.6. The van der Waals surface area contributed by atoms with Gasteiger partial charge in [0, 0.05) is 6.54 Å². The Morgan fingerprint density at radius 2 is 1.70 bits per heavy atom. The Hall–Kier alpha value is -2.36. The predicted octanol–water partition coefficient (Wildman–Crippen LogP) is 3.96. The first-order chi connectivity index (χ1) is 11.1. The molecule has 1 unspecified atom stereocenters. The Kier molecular flexibility index (Phi) is 4.60. The molecule has 2 N–H and O–H groups in total. The van der Waals surface area contributed by atoms with Gasteiger partial charge in [-0.15, -0.1) is 0 Å². The van der Waals surface area contributed by atoms with E-state index in [9.17, 15) is 9.90 Å². The van der Waals surface area contributed by atoms with Crippen LogP contribution in [-0.2, 0) is 0 Å². The minimum atomic E-state index is -0.772. The largest absolute Gasteiger partial charge is 0.387 e. The molecule has 1 atom stereocenters. The second-order valence-corrected chi connectivity index (χ2v) is 5.72. The molecule has 3 rings (SSSR count). The molecule has 0 heterocycles. The topological polar surface area (TPSA) is 49.3 Å². The number of fused-ring (bicyclic) bond motifs is 1. The van der Waals surface area contributed by atoms with Crippen molar-refractivity contribution in [1.82, 2.24) is 5.32 Å². The third kappa shape index (κ3) is 3.52. The van der Waals surface area contributed by atoms with Crippen LogP contribution in [0.2, 0.25) is 5.02 Å². The van der Waals surface area contributed by atoms with Gasteiger partial charge >= 0.3 is 0 Å². The van der Waals surface area contributed by atoms with E-state index in [0.717, 1.165) is 16.3 Å². The molecule has 0 saturated carbocycles. The van der Waals surface area contributed by atoms with Crippen molar-refractivity contribution in [3.05, 3.63) is 82.9 Å². The highest BCUT2D eigenvalue weighted by molar-refractivity contribution is 6.33. The standard InChI is InChI=1S/C19H16ClNO2/c20-17-8-4-3-7-16(17)19(23)21-12-18(22)15-10-9-13-5-1-2-6-14(13)11-15/h1-11,18,22H,12H2,(H,21,23).